The monoisotopic (exact) mass is 369 g/mol. The molecule has 1 aliphatic heterocycles. The maximum absolute atomic E-state index is 12.5. The minimum atomic E-state index is 0.0348. The predicted molar refractivity (Wildman–Crippen MR) is 110 cm³/mol. The maximum Gasteiger partial charge on any atom is 0.185 e. The molecule has 1 fully saturated rings. The molecule has 1 aliphatic rings. The number of likely N-dealkylation sites (tertiary alicyclic amines) is 1. The van der Waals surface area contributed by atoms with E-state index in [0.717, 1.165) is 33.9 Å². The van der Waals surface area contributed by atoms with Crippen molar-refractivity contribution in [3.8, 4) is 5.75 Å². The van der Waals surface area contributed by atoms with E-state index in [1.54, 1.807) is 17.4 Å². The molecule has 0 unspecified atom stereocenters. The SMILES string of the molecule is Cc1ccsc1/C=C/C(=O)c1cc(C)c(OCCN2CCCC2)c(C)c1. The van der Waals surface area contributed by atoms with Crippen molar-refractivity contribution in [2.24, 2.45) is 0 Å². The van der Waals surface area contributed by atoms with Crippen LogP contribution in [0, 0.1) is 20.8 Å². The van der Waals surface area contributed by atoms with Gasteiger partial charge in [0.1, 0.15) is 12.4 Å². The molecule has 4 heteroatoms. The van der Waals surface area contributed by atoms with Crippen LogP contribution in [0.1, 0.15) is 44.8 Å². The van der Waals surface area contributed by atoms with E-state index in [4.69, 9.17) is 4.74 Å². The van der Waals surface area contributed by atoms with Crippen LogP contribution in [-0.4, -0.2) is 36.9 Å². The lowest BCUT2D eigenvalue weighted by atomic mass is 10.0. The van der Waals surface area contributed by atoms with Crippen LogP contribution >= 0.6 is 11.3 Å². The van der Waals surface area contributed by atoms with E-state index in [2.05, 4.69) is 17.9 Å². The number of rotatable bonds is 7. The average Bonchev–Trinajstić information content (AvgIpc) is 3.26. The van der Waals surface area contributed by atoms with Crippen molar-refractivity contribution in [3.63, 3.8) is 0 Å². The molecule has 26 heavy (non-hydrogen) atoms. The molecular formula is C22H27NO2S. The average molecular weight is 370 g/mol. The van der Waals surface area contributed by atoms with Crippen molar-refractivity contribution in [3.05, 3.63) is 56.8 Å². The smallest absolute Gasteiger partial charge is 0.185 e. The van der Waals surface area contributed by atoms with E-state index < -0.39 is 0 Å². The zero-order chi connectivity index (χ0) is 18.5. The molecule has 1 aromatic heterocycles. The van der Waals surface area contributed by atoms with Gasteiger partial charge in [-0.3, -0.25) is 9.69 Å². The molecule has 1 saturated heterocycles. The first-order chi connectivity index (χ1) is 12.5. The summed E-state index contributed by atoms with van der Waals surface area (Å²) in [6.07, 6.45) is 6.18. The largest absolute Gasteiger partial charge is 0.492 e. The number of allylic oxidation sites excluding steroid dienone is 1. The minimum Gasteiger partial charge on any atom is -0.492 e. The quantitative estimate of drug-likeness (QED) is 0.505. The lowest BCUT2D eigenvalue weighted by Crippen LogP contribution is -2.25. The van der Waals surface area contributed by atoms with E-state index in [-0.39, 0.29) is 5.78 Å². The van der Waals surface area contributed by atoms with E-state index in [0.29, 0.717) is 6.61 Å². The van der Waals surface area contributed by atoms with Crippen LogP contribution in [0.15, 0.2) is 29.7 Å². The Kier molecular flexibility index (Phi) is 6.28. The Morgan fingerprint density at radius 1 is 1.15 bits per heavy atom. The molecule has 0 saturated carbocycles. The highest BCUT2D eigenvalue weighted by atomic mass is 32.1. The number of aryl methyl sites for hydroxylation is 3. The van der Waals surface area contributed by atoms with Crippen molar-refractivity contribution in [2.45, 2.75) is 33.6 Å². The van der Waals surface area contributed by atoms with Crippen molar-refractivity contribution >= 4 is 23.2 Å². The first-order valence-corrected chi connectivity index (χ1v) is 10.2. The van der Waals surface area contributed by atoms with E-state index in [1.165, 1.54) is 31.5 Å². The Labute approximate surface area is 160 Å². The second-order valence-electron chi connectivity index (χ2n) is 7.00. The minimum absolute atomic E-state index is 0.0348. The van der Waals surface area contributed by atoms with Crippen molar-refractivity contribution in [1.29, 1.82) is 0 Å². The standard InChI is InChI=1S/C22H27NO2S/c1-16-8-13-26-21(16)7-6-20(24)19-14-17(2)22(18(3)15-19)25-12-11-23-9-4-5-10-23/h6-8,13-15H,4-5,9-12H2,1-3H3/b7-6+. The molecular weight excluding hydrogens is 342 g/mol. The predicted octanol–water partition coefficient (Wildman–Crippen LogP) is 5.04. The zero-order valence-electron chi connectivity index (χ0n) is 15.9. The second-order valence-corrected chi connectivity index (χ2v) is 7.95. The summed E-state index contributed by atoms with van der Waals surface area (Å²) in [5.41, 5.74) is 3.97. The van der Waals surface area contributed by atoms with Gasteiger partial charge in [-0.2, -0.15) is 0 Å². The highest BCUT2D eigenvalue weighted by Gasteiger charge is 2.13. The van der Waals surface area contributed by atoms with Gasteiger partial charge in [-0.05, 0) is 99.1 Å². The Morgan fingerprint density at radius 3 is 2.46 bits per heavy atom. The number of benzene rings is 1. The van der Waals surface area contributed by atoms with Gasteiger partial charge in [0.25, 0.3) is 0 Å². The van der Waals surface area contributed by atoms with Gasteiger partial charge >= 0.3 is 0 Å². The van der Waals surface area contributed by atoms with Gasteiger partial charge in [-0.1, -0.05) is 0 Å². The zero-order valence-corrected chi connectivity index (χ0v) is 16.7. The summed E-state index contributed by atoms with van der Waals surface area (Å²) in [7, 11) is 0. The van der Waals surface area contributed by atoms with Crippen LogP contribution in [0.4, 0.5) is 0 Å². The first-order valence-electron chi connectivity index (χ1n) is 9.27. The van der Waals surface area contributed by atoms with E-state index >= 15 is 0 Å². The Hall–Kier alpha value is -1.91. The fourth-order valence-electron chi connectivity index (χ4n) is 3.41. The molecule has 2 heterocycles. The van der Waals surface area contributed by atoms with E-state index in [1.807, 2.05) is 37.4 Å². The van der Waals surface area contributed by atoms with Gasteiger partial charge in [0.15, 0.2) is 5.78 Å². The van der Waals surface area contributed by atoms with Gasteiger partial charge in [0, 0.05) is 17.0 Å². The fraction of sp³-hybridized carbons (Fsp3) is 0.409. The number of nitrogens with zero attached hydrogens (tertiary/aromatic N) is 1. The normalized spacial score (nSPS) is 15.0. The van der Waals surface area contributed by atoms with Crippen LogP contribution in [0.2, 0.25) is 0 Å². The number of thiophene rings is 1. The van der Waals surface area contributed by atoms with Crippen LogP contribution in [0.25, 0.3) is 6.08 Å². The molecule has 0 amide bonds. The summed E-state index contributed by atoms with van der Waals surface area (Å²) < 4.78 is 6.03. The van der Waals surface area contributed by atoms with Gasteiger partial charge in [0.05, 0.1) is 0 Å². The molecule has 0 N–H and O–H groups in total. The van der Waals surface area contributed by atoms with Gasteiger partial charge in [-0.25, -0.2) is 0 Å². The van der Waals surface area contributed by atoms with Gasteiger partial charge in [-0.15, -0.1) is 11.3 Å². The summed E-state index contributed by atoms with van der Waals surface area (Å²) in [5.74, 6) is 0.950. The van der Waals surface area contributed by atoms with E-state index in [9.17, 15) is 4.79 Å². The summed E-state index contributed by atoms with van der Waals surface area (Å²) in [6.45, 7) is 10.1. The number of carbonyl (C=O) groups is 1. The fourth-order valence-corrected chi connectivity index (χ4v) is 4.23. The molecule has 1 aromatic carbocycles. The number of hydrogen-bond donors (Lipinski definition) is 0. The summed E-state index contributed by atoms with van der Waals surface area (Å²) in [5, 5.41) is 2.04. The second kappa shape index (κ2) is 8.65. The lowest BCUT2D eigenvalue weighted by Gasteiger charge is -2.17. The maximum atomic E-state index is 12.5. The third-order valence-electron chi connectivity index (χ3n) is 4.89. The first kappa shape index (κ1) is 18.9. The van der Waals surface area contributed by atoms with Gasteiger partial charge < -0.3 is 4.74 Å². The molecule has 0 aliphatic carbocycles. The van der Waals surface area contributed by atoms with Crippen molar-refractivity contribution in [1.82, 2.24) is 4.90 Å². The topological polar surface area (TPSA) is 29.5 Å². The van der Waals surface area contributed by atoms with Gasteiger partial charge in [0.2, 0.25) is 0 Å². The Bertz CT molecular complexity index is 777. The number of ketones is 1. The Balaban J connectivity index is 1.65. The third kappa shape index (κ3) is 4.63. The van der Waals surface area contributed by atoms with Crippen LogP contribution in [0.3, 0.4) is 0 Å². The summed E-state index contributed by atoms with van der Waals surface area (Å²) in [4.78, 5) is 16.1. The highest BCUT2D eigenvalue weighted by Crippen LogP contribution is 2.26. The molecule has 2 aromatic rings. The molecule has 0 bridgehead atoms. The summed E-state index contributed by atoms with van der Waals surface area (Å²) >= 11 is 1.65. The van der Waals surface area contributed by atoms with Crippen molar-refractivity contribution in [2.75, 3.05) is 26.2 Å². The summed E-state index contributed by atoms with van der Waals surface area (Å²) in [6, 6.07) is 5.94. The number of hydrogen-bond acceptors (Lipinski definition) is 4. The Morgan fingerprint density at radius 2 is 1.85 bits per heavy atom. The molecule has 0 atom stereocenters. The van der Waals surface area contributed by atoms with Crippen LogP contribution in [0.5, 0.6) is 5.75 Å². The van der Waals surface area contributed by atoms with Crippen LogP contribution < -0.4 is 4.74 Å². The van der Waals surface area contributed by atoms with Crippen LogP contribution in [-0.2, 0) is 0 Å². The molecule has 3 rings (SSSR count). The molecule has 0 spiro atoms. The number of carbonyl (C=O) groups excluding carboxylic acids is 1. The number of ether oxygens (including phenoxy) is 1. The molecule has 3 nitrogen and oxygen atoms in total. The third-order valence-corrected chi connectivity index (χ3v) is 5.87. The highest BCUT2D eigenvalue weighted by molar-refractivity contribution is 7.11. The molecule has 138 valence electrons. The lowest BCUT2D eigenvalue weighted by molar-refractivity contribution is 0.104. The van der Waals surface area contributed by atoms with Crippen molar-refractivity contribution < 1.29 is 9.53 Å². The molecule has 0 radical (unpaired) electrons.